The third-order valence-corrected chi connectivity index (χ3v) is 3.69. The molecule has 7 nitrogen and oxygen atoms in total. The smallest absolute Gasteiger partial charge is 0.407 e. The van der Waals surface area contributed by atoms with Gasteiger partial charge in [0.1, 0.15) is 11.4 Å². The summed E-state index contributed by atoms with van der Waals surface area (Å²) in [4.78, 5) is 16.1. The number of amides is 1. The summed E-state index contributed by atoms with van der Waals surface area (Å²) in [5.41, 5.74) is 0.784. The van der Waals surface area contributed by atoms with Crippen LogP contribution in [0.15, 0.2) is 29.3 Å². The molecule has 0 aliphatic carbocycles. The van der Waals surface area contributed by atoms with Gasteiger partial charge in [-0.1, -0.05) is 12.1 Å². The number of nitrogens with zero attached hydrogens (tertiary/aromatic N) is 1. The molecule has 1 rings (SSSR count). The highest BCUT2D eigenvalue weighted by Crippen LogP contribution is 2.13. The van der Waals surface area contributed by atoms with Gasteiger partial charge in [-0.05, 0) is 64.7 Å². The molecule has 8 heteroatoms. The number of hydrogen-bond donors (Lipinski definition) is 3. The van der Waals surface area contributed by atoms with Crippen LogP contribution in [-0.4, -0.2) is 50.9 Å². The summed E-state index contributed by atoms with van der Waals surface area (Å²) in [6, 6.07) is 8.14. The molecule has 0 aliphatic heterocycles. The lowest BCUT2D eigenvalue weighted by molar-refractivity contribution is 0.0527. The second-order valence-corrected chi connectivity index (χ2v) is 7.42. The number of hydrogen-bond acceptors (Lipinski definition) is 4. The molecule has 0 aliphatic rings. The van der Waals surface area contributed by atoms with Crippen molar-refractivity contribution in [3.05, 3.63) is 29.8 Å². The summed E-state index contributed by atoms with van der Waals surface area (Å²) in [6.07, 6.45) is 2.33. The van der Waals surface area contributed by atoms with Crippen LogP contribution in [0, 0.1) is 0 Å². The zero-order valence-electron chi connectivity index (χ0n) is 18.3. The van der Waals surface area contributed by atoms with Crippen LogP contribution < -0.4 is 20.7 Å². The van der Waals surface area contributed by atoms with Gasteiger partial charge in [-0.2, -0.15) is 0 Å². The second-order valence-electron chi connectivity index (χ2n) is 7.42. The van der Waals surface area contributed by atoms with Gasteiger partial charge in [0.25, 0.3) is 0 Å². The van der Waals surface area contributed by atoms with Crippen molar-refractivity contribution in [3.63, 3.8) is 0 Å². The zero-order chi connectivity index (χ0) is 20.8. The van der Waals surface area contributed by atoms with Gasteiger partial charge in [0.15, 0.2) is 5.96 Å². The van der Waals surface area contributed by atoms with Crippen LogP contribution in [0.4, 0.5) is 4.79 Å². The summed E-state index contributed by atoms with van der Waals surface area (Å²) >= 11 is 0. The fourth-order valence-corrected chi connectivity index (χ4v) is 2.44. The maximum Gasteiger partial charge on any atom is 0.407 e. The van der Waals surface area contributed by atoms with Gasteiger partial charge in [0.2, 0.25) is 0 Å². The first-order valence-electron chi connectivity index (χ1n) is 9.96. The normalized spacial score (nSPS) is 11.3. The Labute approximate surface area is 192 Å². The lowest BCUT2D eigenvalue weighted by atomic mass is 10.1. The van der Waals surface area contributed by atoms with Gasteiger partial charge in [-0.15, -0.1) is 24.0 Å². The van der Waals surface area contributed by atoms with E-state index in [1.807, 2.05) is 39.8 Å². The molecule has 166 valence electrons. The van der Waals surface area contributed by atoms with E-state index >= 15 is 0 Å². The average Bonchev–Trinajstić information content (AvgIpc) is 2.63. The number of aryl methyl sites for hydroxylation is 1. The minimum Gasteiger partial charge on any atom is -0.497 e. The summed E-state index contributed by atoms with van der Waals surface area (Å²) in [7, 11) is 1.68. The zero-order valence-corrected chi connectivity index (χ0v) is 20.7. The van der Waals surface area contributed by atoms with E-state index in [-0.39, 0.29) is 30.1 Å². The van der Waals surface area contributed by atoms with Crippen molar-refractivity contribution in [2.24, 2.45) is 4.99 Å². The first-order valence-corrected chi connectivity index (χ1v) is 9.96. The number of benzene rings is 1. The standard InChI is InChI=1S/C21H36N4O3.HI/c1-6-22-19(24-14-9-15-25-20(26)28-21(2,3)4)23-13-8-11-17-10-7-12-18(16-17)27-5;/h7,10,12,16H,6,8-9,11,13-15H2,1-5H3,(H,25,26)(H2,22,23,24);1H. The molecule has 0 aromatic heterocycles. The topological polar surface area (TPSA) is 84.0 Å². The number of carbonyl (C=O) groups is 1. The molecule has 0 bridgehead atoms. The molecular formula is C21H37IN4O3. The third kappa shape index (κ3) is 14.0. The molecule has 1 amide bonds. The van der Waals surface area contributed by atoms with Crippen molar-refractivity contribution in [2.45, 2.75) is 52.6 Å². The van der Waals surface area contributed by atoms with E-state index in [1.54, 1.807) is 7.11 Å². The largest absolute Gasteiger partial charge is 0.497 e. The van der Waals surface area contributed by atoms with E-state index in [4.69, 9.17) is 9.47 Å². The highest BCUT2D eigenvalue weighted by molar-refractivity contribution is 14.0. The highest BCUT2D eigenvalue weighted by atomic mass is 127. The lowest BCUT2D eigenvalue weighted by Gasteiger charge is -2.19. The van der Waals surface area contributed by atoms with E-state index in [2.05, 4.69) is 33.1 Å². The second kappa shape index (κ2) is 15.2. The Balaban J connectivity index is 0.00000784. The van der Waals surface area contributed by atoms with Crippen LogP contribution in [0.3, 0.4) is 0 Å². The molecule has 0 saturated heterocycles. The average molecular weight is 520 g/mol. The lowest BCUT2D eigenvalue weighted by Crippen LogP contribution is -2.38. The van der Waals surface area contributed by atoms with Crippen LogP contribution in [0.5, 0.6) is 5.75 Å². The first kappa shape index (κ1) is 27.3. The maximum absolute atomic E-state index is 11.6. The minimum atomic E-state index is -0.477. The number of halogens is 1. The van der Waals surface area contributed by atoms with Crippen molar-refractivity contribution in [1.29, 1.82) is 0 Å². The first-order chi connectivity index (χ1) is 13.3. The van der Waals surface area contributed by atoms with Crippen LogP contribution in [0.2, 0.25) is 0 Å². The Morgan fingerprint density at radius 1 is 1.10 bits per heavy atom. The molecule has 0 fully saturated rings. The minimum absolute atomic E-state index is 0. The number of methoxy groups -OCH3 is 1. The van der Waals surface area contributed by atoms with Gasteiger partial charge in [-0.3, -0.25) is 4.99 Å². The Morgan fingerprint density at radius 2 is 1.83 bits per heavy atom. The Hall–Kier alpha value is -1.71. The Morgan fingerprint density at radius 3 is 2.48 bits per heavy atom. The number of nitrogens with one attached hydrogen (secondary N) is 3. The summed E-state index contributed by atoms with van der Waals surface area (Å²) < 4.78 is 10.5. The monoisotopic (exact) mass is 520 g/mol. The molecule has 1 aromatic carbocycles. The fraction of sp³-hybridized carbons (Fsp3) is 0.619. The molecule has 1 aromatic rings. The molecule has 0 saturated carbocycles. The molecule has 29 heavy (non-hydrogen) atoms. The van der Waals surface area contributed by atoms with Crippen LogP contribution >= 0.6 is 24.0 Å². The van der Waals surface area contributed by atoms with Crippen molar-refractivity contribution in [2.75, 3.05) is 33.3 Å². The Bertz CT molecular complexity index is 618. The predicted octanol–water partition coefficient (Wildman–Crippen LogP) is 3.72. The van der Waals surface area contributed by atoms with Crippen molar-refractivity contribution < 1.29 is 14.3 Å². The van der Waals surface area contributed by atoms with E-state index in [0.29, 0.717) is 13.1 Å². The van der Waals surface area contributed by atoms with E-state index < -0.39 is 5.60 Å². The van der Waals surface area contributed by atoms with Crippen LogP contribution in [0.25, 0.3) is 0 Å². The van der Waals surface area contributed by atoms with Crippen molar-refractivity contribution in [1.82, 2.24) is 16.0 Å². The molecule has 3 N–H and O–H groups in total. The predicted molar refractivity (Wildman–Crippen MR) is 130 cm³/mol. The molecule has 0 unspecified atom stereocenters. The van der Waals surface area contributed by atoms with Gasteiger partial charge < -0.3 is 25.4 Å². The molecule has 0 heterocycles. The molecular weight excluding hydrogens is 483 g/mol. The van der Waals surface area contributed by atoms with Crippen LogP contribution in [-0.2, 0) is 11.2 Å². The Kier molecular flexibility index (Phi) is 14.3. The maximum atomic E-state index is 11.6. The summed E-state index contributed by atoms with van der Waals surface area (Å²) in [6.45, 7) is 10.4. The fourth-order valence-electron chi connectivity index (χ4n) is 2.44. The number of aliphatic imine (C=N–C) groups is 1. The third-order valence-electron chi connectivity index (χ3n) is 3.69. The number of rotatable bonds is 10. The van der Waals surface area contributed by atoms with Gasteiger partial charge in [0, 0.05) is 26.2 Å². The van der Waals surface area contributed by atoms with E-state index in [9.17, 15) is 4.79 Å². The van der Waals surface area contributed by atoms with Crippen molar-refractivity contribution in [3.8, 4) is 5.75 Å². The molecule has 0 atom stereocenters. The molecule has 0 radical (unpaired) electrons. The SMILES string of the molecule is CCNC(=NCCCNC(=O)OC(C)(C)C)NCCCc1cccc(OC)c1.I. The number of ether oxygens (including phenoxy) is 2. The van der Waals surface area contributed by atoms with E-state index in [0.717, 1.165) is 44.1 Å². The summed E-state index contributed by atoms with van der Waals surface area (Å²) in [5, 5.41) is 9.33. The number of carbonyl (C=O) groups excluding carboxylic acids is 1. The number of alkyl carbamates (subject to hydrolysis) is 1. The van der Waals surface area contributed by atoms with Gasteiger partial charge >= 0.3 is 6.09 Å². The van der Waals surface area contributed by atoms with Crippen molar-refractivity contribution >= 4 is 36.0 Å². The van der Waals surface area contributed by atoms with E-state index in [1.165, 1.54) is 5.56 Å². The quantitative estimate of drug-likeness (QED) is 0.190. The van der Waals surface area contributed by atoms with Crippen LogP contribution in [0.1, 0.15) is 46.1 Å². The number of guanidine groups is 1. The summed E-state index contributed by atoms with van der Waals surface area (Å²) in [5.74, 6) is 1.69. The van der Waals surface area contributed by atoms with Gasteiger partial charge in [-0.25, -0.2) is 4.79 Å². The van der Waals surface area contributed by atoms with Gasteiger partial charge in [0.05, 0.1) is 7.11 Å². The highest BCUT2D eigenvalue weighted by Gasteiger charge is 2.15. The molecule has 0 spiro atoms.